The zero-order chi connectivity index (χ0) is 17.6. The highest BCUT2D eigenvalue weighted by molar-refractivity contribution is 5.47. The first kappa shape index (κ1) is 17.2. The second-order valence-corrected chi connectivity index (χ2v) is 6.12. The fourth-order valence-corrected chi connectivity index (χ4v) is 3.16. The number of piperidine rings is 1. The van der Waals surface area contributed by atoms with E-state index in [0.29, 0.717) is 17.7 Å². The molecule has 2 aromatic heterocycles. The molecule has 1 fully saturated rings. The van der Waals surface area contributed by atoms with Crippen molar-refractivity contribution in [3.05, 3.63) is 24.8 Å². The van der Waals surface area contributed by atoms with Gasteiger partial charge in [-0.15, -0.1) is 0 Å². The largest absolute Gasteiger partial charge is 0.481 e. The van der Waals surface area contributed by atoms with Crippen LogP contribution in [0.3, 0.4) is 0 Å². The van der Waals surface area contributed by atoms with Crippen molar-refractivity contribution in [3.8, 4) is 11.8 Å². The summed E-state index contributed by atoms with van der Waals surface area (Å²) >= 11 is 0. The lowest BCUT2D eigenvalue weighted by Gasteiger charge is -2.34. The molecule has 3 rings (SSSR count). The van der Waals surface area contributed by atoms with Gasteiger partial charge in [0.05, 0.1) is 14.2 Å². The van der Waals surface area contributed by atoms with Gasteiger partial charge in [0.15, 0.2) is 5.82 Å². The number of rotatable bonds is 6. The van der Waals surface area contributed by atoms with Crippen molar-refractivity contribution in [1.29, 1.82) is 0 Å². The third-order valence-corrected chi connectivity index (χ3v) is 4.51. The number of ether oxygens (including phenoxy) is 2. The van der Waals surface area contributed by atoms with Crippen molar-refractivity contribution in [2.75, 3.05) is 50.7 Å². The lowest BCUT2D eigenvalue weighted by Crippen LogP contribution is -2.38. The van der Waals surface area contributed by atoms with E-state index in [-0.39, 0.29) is 0 Å². The second-order valence-electron chi connectivity index (χ2n) is 6.12. The van der Waals surface area contributed by atoms with Gasteiger partial charge in [0.2, 0.25) is 5.88 Å². The van der Waals surface area contributed by atoms with Crippen molar-refractivity contribution in [2.45, 2.75) is 12.8 Å². The molecule has 0 aromatic carbocycles. The number of hydrogen-bond acceptors (Lipinski definition) is 8. The second kappa shape index (κ2) is 7.96. The highest BCUT2D eigenvalue weighted by Gasteiger charge is 2.23. The monoisotopic (exact) mass is 344 g/mol. The molecule has 8 heteroatoms. The van der Waals surface area contributed by atoms with E-state index in [0.717, 1.165) is 44.1 Å². The summed E-state index contributed by atoms with van der Waals surface area (Å²) in [4.78, 5) is 21.4. The van der Waals surface area contributed by atoms with Gasteiger partial charge < -0.3 is 19.3 Å². The van der Waals surface area contributed by atoms with Crippen LogP contribution in [0.5, 0.6) is 11.8 Å². The van der Waals surface area contributed by atoms with Crippen LogP contribution in [0.1, 0.15) is 12.8 Å². The summed E-state index contributed by atoms with van der Waals surface area (Å²) < 4.78 is 10.5. The molecule has 0 aliphatic carbocycles. The van der Waals surface area contributed by atoms with Crippen LogP contribution in [0.2, 0.25) is 0 Å². The van der Waals surface area contributed by atoms with E-state index in [2.05, 4.69) is 29.7 Å². The van der Waals surface area contributed by atoms with Gasteiger partial charge in [0.1, 0.15) is 12.1 Å². The molecule has 1 aliphatic rings. The van der Waals surface area contributed by atoms with Crippen LogP contribution in [-0.4, -0.2) is 60.8 Å². The lowest BCUT2D eigenvalue weighted by atomic mass is 9.96. The van der Waals surface area contributed by atoms with Crippen molar-refractivity contribution in [2.24, 2.45) is 5.92 Å². The molecule has 134 valence electrons. The van der Waals surface area contributed by atoms with Crippen LogP contribution in [0.4, 0.5) is 11.6 Å². The quantitative estimate of drug-likeness (QED) is 0.783. The highest BCUT2D eigenvalue weighted by Crippen LogP contribution is 2.26. The first-order valence-corrected chi connectivity index (χ1v) is 8.38. The minimum absolute atomic E-state index is 0.565. The molecule has 3 heterocycles. The van der Waals surface area contributed by atoms with Crippen molar-refractivity contribution >= 4 is 11.6 Å². The summed E-state index contributed by atoms with van der Waals surface area (Å²) in [6, 6.07) is 1.89. The maximum atomic E-state index is 5.30. The Bertz CT molecular complexity index is 690. The molecule has 0 atom stereocenters. The van der Waals surface area contributed by atoms with Gasteiger partial charge >= 0.3 is 0 Å². The van der Waals surface area contributed by atoms with Gasteiger partial charge in [-0.05, 0) is 18.8 Å². The normalized spacial score (nSPS) is 15.1. The molecular weight excluding hydrogens is 320 g/mol. The summed E-state index contributed by atoms with van der Waals surface area (Å²) in [5.74, 6) is 3.47. The number of anilines is 2. The molecule has 0 unspecified atom stereocenters. The molecule has 2 aromatic rings. The maximum Gasteiger partial charge on any atom is 0.257 e. The van der Waals surface area contributed by atoms with E-state index in [1.54, 1.807) is 32.9 Å². The molecule has 0 bridgehead atoms. The summed E-state index contributed by atoms with van der Waals surface area (Å²) in [7, 11) is 5.28. The van der Waals surface area contributed by atoms with Gasteiger partial charge in [-0.25, -0.2) is 19.9 Å². The molecule has 1 aliphatic heterocycles. The summed E-state index contributed by atoms with van der Waals surface area (Å²) in [6.45, 7) is 2.86. The Hall–Kier alpha value is -2.64. The predicted octanol–water partition coefficient (Wildman–Crippen LogP) is 1.64. The Morgan fingerprint density at radius 2 is 1.84 bits per heavy atom. The molecule has 0 amide bonds. The number of hydrogen-bond donors (Lipinski definition) is 0. The maximum absolute atomic E-state index is 5.30. The molecule has 25 heavy (non-hydrogen) atoms. The van der Waals surface area contributed by atoms with Crippen LogP contribution in [0.15, 0.2) is 24.8 Å². The van der Waals surface area contributed by atoms with Gasteiger partial charge in [-0.3, -0.25) is 0 Å². The molecular formula is C17H24N6O2. The van der Waals surface area contributed by atoms with E-state index < -0.39 is 0 Å². The average Bonchev–Trinajstić information content (AvgIpc) is 2.68. The van der Waals surface area contributed by atoms with Crippen molar-refractivity contribution in [1.82, 2.24) is 19.9 Å². The van der Waals surface area contributed by atoms with Gasteiger partial charge in [0, 0.05) is 45.1 Å². The third-order valence-electron chi connectivity index (χ3n) is 4.51. The first-order chi connectivity index (χ1) is 12.2. The SMILES string of the molecule is COc1cc(N2CCC(CN(C)c3nccnc3OC)CC2)ncn1. The topological polar surface area (TPSA) is 76.5 Å². The van der Waals surface area contributed by atoms with E-state index in [9.17, 15) is 0 Å². The summed E-state index contributed by atoms with van der Waals surface area (Å²) in [5.41, 5.74) is 0. The first-order valence-electron chi connectivity index (χ1n) is 8.38. The van der Waals surface area contributed by atoms with Gasteiger partial charge in [0.25, 0.3) is 5.88 Å². The molecule has 0 spiro atoms. The van der Waals surface area contributed by atoms with E-state index in [1.165, 1.54) is 0 Å². The standard InChI is InChI=1S/C17H24N6O2/c1-22(16-17(25-3)19-7-6-18-16)11-13-4-8-23(9-5-13)14-10-15(24-2)21-12-20-14/h6-7,10,12-13H,4-5,8-9,11H2,1-3H3. The van der Waals surface area contributed by atoms with E-state index in [4.69, 9.17) is 9.47 Å². The number of methoxy groups -OCH3 is 2. The minimum atomic E-state index is 0.565. The predicted molar refractivity (Wildman–Crippen MR) is 95.4 cm³/mol. The Kier molecular flexibility index (Phi) is 5.47. The van der Waals surface area contributed by atoms with Crippen LogP contribution in [0.25, 0.3) is 0 Å². The summed E-state index contributed by atoms with van der Waals surface area (Å²) in [5, 5.41) is 0. The number of nitrogens with zero attached hydrogens (tertiary/aromatic N) is 6. The molecule has 1 saturated heterocycles. The van der Waals surface area contributed by atoms with Crippen LogP contribution in [-0.2, 0) is 0 Å². The van der Waals surface area contributed by atoms with E-state index in [1.807, 2.05) is 13.1 Å². The lowest BCUT2D eigenvalue weighted by molar-refractivity contribution is 0.385. The highest BCUT2D eigenvalue weighted by atomic mass is 16.5. The molecule has 0 radical (unpaired) electrons. The fraction of sp³-hybridized carbons (Fsp3) is 0.529. The van der Waals surface area contributed by atoms with Crippen LogP contribution in [0, 0.1) is 5.92 Å². The summed E-state index contributed by atoms with van der Waals surface area (Å²) in [6.07, 6.45) is 7.08. The third kappa shape index (κ3) is 4.07. The van der Waals surface area contributed by atoms with Crippen molar-refractivity contribution < 1.29 is 9.47 Å². The van der Waals surface area contributed by atoms with Crippen LogP contribution < -0.4 is 19.3 Å². The van der Waals surface area contributed by atoms with Crippen LogP contribution >= 0.6 is 0 Å². The molecule has 0 N–H and O–H groups in total. The van der Waals surface area contributed by atoms with Crippen molar-refractivity contribution in [3.63, 3.8) is 0 Å². The van der Waals surface area contributed by atoms with E-state index >= 15 is 0 Å². The minimum Gasteiger partial charge on any atom is -0.481 e. The fourth-order valence-electron chi connectivity index (χ4n) is 3.16. The van der Waals surface area contributed by atoms with Gasteiger partial charge in [-0.2, -0.15) is 0 Å². The Morgan fingerprint density at radius 3 is 2.56 bits per heavy atom. The van der Waals surface area contributed by atoms with Gasteiger partial charge in [-0.1, -0.05) is 0 Å². The zero-order valence-electron chi connectivity index (χ0n) is 14.9. The average molecular weight is 344 g/mol. The Morgan fingerprint density at radius 1 is 1.08 bits per heavy atom. The molecule has 0 saturated carbocycles. The number of aromatic nitrogens is 4. The molecule has 8 nitrogen and oxygen atoms in total. The Labute approximate surface area is 147 Å². The smallest absolute Gasteiger partial charge is 0.257 e. The Balaban J connectivity index is 1.57. The zero-order valence-corrected chi connectivity index (χ0v) is 14.9.